The second-order valence-electron chi connectivity index (χ2n) is 9.73. The number of rotatable bonds is 4. The summed E-state index contributed by atoms with van der Waals surface area (Å²) in [6, 6.07) is 10.7. The van der Waals surface area contributed by atoms with Crippen LogP contribution < -0.4 is 4.90 Å². The third-order valence-corrected chi connectivity index (χ3v) is 7.02. The molecule has 0 N–H and O–H groups in total. The lowest BCUT2D eigenvalue weighted by Gasteiger charge is -2.47. The molecule has 0 bridgehead atoms. The summed E-state index contributed by atoms with van der Waals surface area (Å²) in [5.74, 6) is 2.46. The molecule has 0 saturated carbocycles. The maximum Gasteiger partial charge on any atom is 0.226 e. The summed E-state index contributed by atoms with van der Waals surface area (Å²) in [6.45, 7) is 11.5. The number of hydrogen-bond donors (Lipinski definition) is 0. The van der Waals surface area contributed by atoms with Crippen LogP contribution >= 0.6 is 0 Å². The molecule has 0 aliphatic carbocycles. The van der Waals surface area contributed by atoms with Gasteiger partial charge < -0.3 is 9.32 Å². The van der Waals surface area contributed by atoms with Crippen molar-refractivity contribution in [3.63, 3.8) is 0 Å². The highest BCUT2D eigenvalue weighted by atomic mass is 16.4. The first-order valence-corrected chi connectivity index (χ1v) is 11.8. The number of likely N-dealkylation sites (tertiary alicyclic amines) is 1. The molecule has 5 rings (SSSR count). The van der Waals surface area contributed by atoms with E-state index in [-0.39, 0.29) is 0 Å². The third kappa shape index (κ3) is 4.56. The summed E-state index contributed by atoms with van der Waals surface area (Å²) in [7, 11) is 0. The average molecular weight is 432 g/mol. The van der Waals surface area contributed by atoms with Crippen LogP contribution in [0.1, 0.15) is 48.4 Å². The molecule has 2 aromatic heterocycles. The van der Waals surface area contributed by atoms with Crippen molar-refractivity contribution in [3.05, 3.63) is 59.2 Å². The average Bonchev–Trinajstić information content (AvgIpc) is 3.20. The van der Waals surface area contributed by atoms with Crippen molar-refractivity contribution in [1.82, 2.24) is 19.9 Å². The van der Waals surface area contributed by atoms with Gasteiger partial charge in [-0.05, 0) is 82.2 Å². The van der Waals surface area contributed by atoms with Gasteiger partial charge in [-0.2, -0.15) is 0 Å². The summed E-state index contributed by atoms with van der Waals surface area (Å²) in [4.78, 5) is 18.8. The molecule has 2 aliphatic heterocycles. The molecular weight excluding hydrogens is 398 g/mol. The lowest BCUT2D eigenvalue weighted by Crippen LogP contribution is -2.49. The molecule has 2 aliphatic rings. The van der Waals surface area contributed by atoms with Crippen molar-refractivity contribution in [2.75, 3.05) is 31.1 Å². The molecule has 2 fully saturated rings. The normalized spacial score (nSPS) is 18.9. The van der Waals surface area contributed by atoms with E-state index in [1.807, 2.05) is 13.0 Å². The first-order valence-electron chi connectivity index (χ1n) is 11.8. The van der Waals surface area contributed by atoms with Gasteiger partial charge in [0.25, 0.3) is 0 Å². The summed E-state index contributed by atoms with van der Waals surface area (Å²) in [5.41, 5.74) is 4.92. The number of hydrogen-bond acceptors (Lipinski definition) is 6. The van der Waals surface area contributed by atoms with Crippen LogP contribution in [0.15, 0.2) is 40.9 Å². The van der Waals surface area contributed by atoms with E-state index in [2.05, 4.69) is 62.9 Å². The lowest BCUT2D eigenvalue weighted by molar-refractivity contribution is 0.0603. The Kier molecular flexibility index (Phi) is 5.72. The van der Waals surface area contributed by atoms with Gasteiger partial charge in [-0.1, -0.05) is 12.1 Å². The number of oxazole rings is 1. The molecule has 6 heteroatoms. The van der Waals surface area contributed by atoms with E-state index < -0.39 is 0 Å². The van der Waals surface area contributed by atoms with Gasteiger partial charge in [0.05, 0.1) is 6.20 Å². The number of nitrogens with zero attached hydrogens (tertiary/aromatic N) is 5. The molecule has 0 amide bonds. The number of aryl methyl sites for hydroxylation is 3. The van der Waals surface area contributed by atoms with Crippen molar-refractivity contribution in [3.8, 4) is 11.5 Å². The van der Waals surface area contributed by atoms with E-state index in [0.717, 1.165) is 48.3 Å². The second kappa shape index (κ2) is 8.66. The fourth-order valence-corrected chi connectivity index (χ4v) is 5.43. The van der Waals surface area contributed by atoms with Gasteiger partial charge in [-0.25, -0.2) is 15.0 Å². The number of piperidine rings is 2. The van der Waals surface area contributed by atoms with Gasteiger partial charge in [-0.15, -0.1) is 0 Å². The van der Waals surface area contributed by atoms with Crippen molar-refractivity contribution in [2.24, 2.45) is 5.41 Å². The van der Waals surface area contributed by atoms with Crippen molar-refractivity contribution in [2.45, 2.75) is 53.0 Å². The monoisotopic (exact) mass is 431 g/mol. The number of aromatic nitrogens is 3. The smallest absolute Gasteiger partial charge is 0.226 e. The lowest BCUT2D eigenvalue weighted by atomic mass is 9.72. The Bertz CT molecular complexity index is 1060. The standard InChI is InChI=1S/C26H33N5O/c1-19-14-20(2)29-25(28-19)31-12-9-26(10-13-31)8-5-11-30(18-26)17-22-6-4-7-23(15-22)24-27-16-21(3)32-24/h4,6-7,14-16H,5,8-13,17-18H2,1-3H3. The molecule has 3 aromatic rings. The van der Waals surface area contributed by atoms with Crippen LogP contribution in [0.2, 0.25) is 0 Å². The topological polar surface area (TPSA) is 58.3 Å². The molecule has 2 saturated heterocycles. The highest BCUT2D eigenvalue weighted by molar-refractivity contribution is 5.54. The Balaban J connectivity index is 1.23. The summed E-state index contributed by atoms with van der Waals surface area (Å²) in [6.07, 6.45) is 6.83. The van der Waals surface area contributed by atoms with Gasteiger partial charge in [0, 0.05) is 43.1 Å². The molecule has 1 aromatic carbocycles. The van der Waals surface area contributed by atoms with E-state index in [4.69, 9.17) is 4.42 Å². The first kappa shape index (κ1) is 21.1. The van der Waals surface area contributed by atoms with Crippen LogP contribution in [0.5, 0.6) is 0 Å². The highest BCUT2D eigenvalue weighted by Gasteiger charge is 2.38. The van der Waals surface area contributed by atoms with Crippen LogP contribution in [-0.4, -0.2) is 46.0 Å². The maximum absolute atomic E-state index is 5.73. The van der Waals surface area contributed by atoms with Crippen molar-refractivity contribution < 1.29 is 4.42 Å². The Hall–Kier alpha value is -2.73. The molecule has 0 unspecified atom stereocenters. The summed E-state index contributed by atoms with van der Waals surface area (Å²) in [5, 5.41) is 0. The molecule has 0 radical (unpaired) electrons. The quantitative estimate of drug-likeness (QED) is 0.583. The Labute approximate surface area is 190 Å². The molecule has 4 heterocycles. The predicted octanol–water partition coefficient (Wildman–Crippen LogP) is 4.94. The zero-order valence-corrected chi connectivity index (χ0v) is 19.5. The molecule has 32 heavy (non-hydrogen) atoms. The summed E-state index contributed by atoms with van der Waals surface area (Å²) < 4.78 is 5.73. The van der Waals surface area contributed by atoms with Gasteiger partial charge in [0.1, 0.15) is 5.76 Å². The minimum Gasteiger partial charge on any atom is -0.441 e. The molecule has 1 spiro atoms. The third-order valence-electron chi connectivity index (χ3n) is 7.02. The maximum atomic E-state index is 5.73. The van der Waals surface area contributed by atoms with Crippen LogP contribution in [0.25, 0.3) is 11.5 Å². The van der Waals surface area contributed by atoms with E-state index in [1.165, 1.54) is 44.3 Å². The van der Waals surface area contributed by atoms with Crippen LogP contribution in [-0.2, 0) is 6.54 Å². The molecule has 0 atom stereocenters. The first-order chi connectivity index (χ1) is 15.5. The van der Waals surface area contributed by atoms with E-state index in [9.17, 15) is 0 Å². The van der Waals surface area contributed by atoms with E-state index in [1.54, 1.807) is 6.20 Å². The second-order valence-corrected chi connectivity index (χ2v) is 9.73. The fraction of sp³-hybridized carbons (Fsp3) is 0.500. The predicted molar refractivity (Wildman–Crippen MR) is 127 cm³/mol. The zero-order valence-electron chi connectivity index (χ0n) is 19.5. The molecule has 6 nitrogen and oxygen atoms in total. The SMILES string of the molecule is Cc1cc(C)nc(N2CCC3(CCCN(Cc4cccc(-c5ncc(C)o5)c4)C3)CC2)n1. The number of benzene rings is 1. The van der Waals surface area contributed by atoms with Gasteiger partial charge in [0.15, 0.2) is 0 Å². The van der Waals surface area contributed by atoms with Crippen LogP contribution in [0, 0.1) is 26.2 Å². The van der Waals surface area contributed by atoms with Crippen molar-refractivity contribution in [1.29, 1.82) is 0 Å². The van der Waals surface area contributed by atoms with Gasteiger partial charge in [-0.3, -0.25) is 4.90 Å². The van der Waals surface area contributed by atoms with Crippen LogP contribution in [0.4, 0.5) is 5.95 Å². The Morgan fingerprint density at radius 2 is 1.75 bits per heavy atom. The Morgan fingerprint density at radius 1 is 0.969 bits per heavy atom. The van der Waals surface area contributed by atoms with E-state index in [0.29, 0.717) is 11.3 Å². The largest absolute Gasteiger partial charge is 0.441 e. The minimum absolute atomic E-state index is 0.422. The molecule has 168 valence electrons. The van der Waals surface area contributed by atoms with Gasteiger partial charge in [0.2, 0.25) is 11.8 Å². The zero-order chi connectivity index (χ0) is 22.1. The fourth-order valence-electron chi connectivity index (χ4n) is 5.43. The number of anilines is 1. The van der Waals surface area contributed by atoms with E-state index >= 15 is 0 Å². The van der Waals surface area contributed by atoms with Crippen molar-refractivity contribution >= 4 is 5.95 Å². The minimum atomic E-state index is 0.422. The Morgan fingerprint density at radius 3 is 2.47 bits per heavy atom. The highest BCUT2D eigenvalue weighted by Crippen LogP contribution is 2.41. The van der Waals surface area contributed by atoms with Crippen LogP contribution in [0.3, 0.4) is 0 Å². The van der Waals surface area contributed by atoms with Gasteiger partial charge >= 0.3 is 0 Å². The molecular formula is C26H33N5O. The summed E-state index contributed by atoms with van der Waals surface area (Å²) >= 11 is 0.